The van der Waals surface area contributed by atoms with Crippen LogP contribution in [0.25, 0.3) is 0 Å². The summed E-state index contributed by atoms with van der Waals surface area (Å²) in [5.41, 5.74) is 0.793. The molecule has 1 N–H and O–H groups in total. The molecular formula is C19H22N2O5S. The van der Waals surface area contributed by atoms with E-state index in [0.29, 0.717) is 49.9 Å². The Kier molecular flexibility index (Phi) is 6.10. The molecule has 1 heterocycles. The van der Waals surface area contributed by atoms with Crippen molar-refractivity contribution < 1.29 is 22.7 Å². The van der Waals surface area contributed by atoms with Crippen molar-refractivity contribution in [2.24, 2.45) is 0 Å². The summed E-state index contributed by atoms with van der Waals surface area (Å²) >= 11 is 0. The van der Waals surface area contributed by atoms with E-state index in [4.69, 9.17) is 9.47 Å². The Labute approximate surface area is 158 Å². The minimum Gasteiger partial charge on any atom is -0.492 e. The summed E-state index contributed by atoms with van der Waals surface area (Å²) < 4.78 is 37.9. The zero-order chi connectivity index (χ0) is 19.3. The summed E-state index contributed by atoms with van der Waals surface area (Å²) in [6, 6.07) is 13.2. The van der Waals surface area contributed by atoms with E-state index in [1.165, 1.54) is 16.4 Å². The molecule has 0 radical (unpaired) electrons. The Morgan fingerprint density at radius 3 is 2.52 bits per heavy atom. The van der Waals surface area contributed by atoms with E-state index in [9.17, 15) is 13.2 Å². The highest BCUT2D eigenvalue weighted by atomic mass is 32.2. The maximum atomic E-state index is 12.9. The number of carbonyl (C=O) groups is 1. The SMILES string of the molecule is CCOc1ccc(S(=O)(=O)N2CCOCC2)cc1NC(=O)c1ccccc1. The average Bonchev–Trinajstić information content (AvgIpc) is 2.70. The molecule has 27 heavy (non-hydrogen) atoms. The molecule has 1 amide bonds. The minimum atomic E-state index is -3.67. The average molecular weight is 390 g/mol. The van der Waals surface area contributed by atoms with Crippen LogP contribution in [0.15, 0.2) is 53.4 Å². The van der Waals surface area contributed by atoms with E-state index in [1.54, 1.807) is 30.3 Å². The maximum Gasteiger partial charge on any atom is 0.255 e. The molecule has 0 aliphatic carbocycles. The number of hydrogen-bond donors (Lipinski definition) is 1. The van der Waals surface area contributed by atoms with Crippen molar-refractivity contribution in [2.45, 2.75) is 11.8 Å². The van der Waals surface area contributed by atoms with Crippen molar-refractivity contribution >= 4 is 21.6 Å². The second kappa shape index (κ2) is 8.51. The van der Waals surface area contributed by atoms with E-state index in [-0.39, 0.29) is 10.8 Å². The lowest BCUT2D eigenvalue weighted by Gasteiger charge is -2.26. The molecule has 2 aromatic carbocycles. The second-order valence-corrected chi connectivity index (χ2v) is 7.87. The van der Waals surface area contributed by atoms with Crippen LogP contribution in [0.2, 0.25) is 0 Å². The molecule has 0 saturated carbocycles. The molecular weight excluding hydrogens is 368 g/mol. The first-order valence-electron chi connectivity index (χ1n) is 8.73. The van der Waals surface area contributed by atoms with Crippen molar-refractivity contribution in [1.29, 1.82) is 0 Å². The van der Waals surface area contributed by atoms with Gasteiger partial charge in [-0.25, -0.2) is 8.42 Å². The van der Waals surface area contributed by atoms with E-state index in [2.05, 4.69) is 5.32 Å². The van der Waals surface area contributed by atoms with Gasteiger partial charge in [-0.2, -0.15) is 4.31 Å². The number of benzene rings is 2. The van der Waals surface area contributed by atoms with Crippen molar-refractivity contribution in [3.05, 3.63) is 54.1 Å². The van der Waals surface area contributed by atoms with Gasteiger partial charge in [0.05, 0.1) is 30.4 Å². The molecule has 3 rings (SSSR count). The molecule has 1 aliphatic heterocycles. The van der Waals surface area contributed by atoms with Gasteiger partial charge in [-0.3, -0.25) is 4.79 Å². The summed E-state index contributed by atoms with van der Waals surface area (Å²) in [5.74, 6) is 0.0835. The van der Waals surface area contributed by atoms with Gasteiger partial charge >= 0.3 is 0 Å². The summed E-state index contributed by atoms with van der Waals surface area (Å²) in [5, 5.41) is 2.76. The lowest BCUT2D eigenvalue weighted by molar-refractivity contribution is 0.0730. The number of hydrogen-bond acceptors (Lipinski definition) is 5. The zero-order valence-electron chi connectivity index (χ0n) is 15.1. The fraction of sp³-hybridized carbons (Fsp3) is 0.316. The van der Waals surface area contributed by atoms with Gasteiger partial charge in [-0.1, -0.05) is 18.2 Å². The quantitative estimate of drug-likeness (QED) is 0.818. The van der Waals surface area contributed by atoms with Crippen LogP contribution in [0.4, 0.5) is 5.69 Å². The Hall–Kier alpha value is -2.42. The van der Waals surface area contributed by atoms with Crippen LogP contribution in [0.1, 0.15) is 17.3 Å². The molecule has 8 heteroatoms. The topological polar surface area (TPSA) is 84.9 Å². The van der Waals surface area contributed by atoms with E-state index < -0.39 is 10.0 Å². The highest BCUT2D eigenvalue weighted by Crippen LogP contribution is 2.30. The number of carbonyl (C=O) groups excluding carboxylic acids is 1. The van der Waals surface area contributed by atoms with Crippen LogP contribution < -0.4 is 10.1 Å². The van der Waals surface area contributed by atoms with Crippen LogP contribution in [0.3, 0.4) is 0 Å². The number of morpholine rings is 1. The van der Waals surface area contributed by atoms with Crippen molar-refractivity contribution in [1.82, 2.24) is 4.31 Å². The molecule has 0 spiro atoms. The zero-order valence-corrected chi connectivity index (χ0v) is 15.9. The Morgan fingerprint density at radius 2 is 1.85 bits per heavy atom. The third kappa shape index (κ3) is 4.47. The first-order chi connectivity index (χ1) is 13.0. The fourth-order valence-corrected chi connectivity index (χ4v) is 4.20. The van der Waals surface area contributed by atoms with Crippen LogP contribution in [0, 0.1) is 0 Å². The molecule has 1 saturated heterocycles. The summed E-state index contributed by atoms with van der Waals surface area (Å²) in [6.45, 7) is 3.56. The molecule has 0 atom stereocenters. The van der Waals surface area contributed by atoms with Gasteiger partial charge in [0.2, 0.25) is 10.0 Å². The van der Waals surface area contributed by atoms with Crippen LogP contribution in [0.5, 0.6) is 5.75 Å². The second-order valence-electron chi connectivity index (χ2n) is 5.93. The van der Waals surface area contributed by atoms with E-state index >= 15 is 0 Å². The summed E-state index contributed by atoms with van der Waals surface area (Å²) in [4.78, 5) is 12.6. The van der Waals surface area contributed by atoms with Gasteiger partial charge in [0.15, 0.2) is 0 Å². The summed E-state index contributed by atoms with van der Waals surface area (Å²) in [6.07, 6.45) is 0. The first kappa shape index (κ1) is 19.3. The molecule has 7 nitrogen and oxygen atoms in total. The third-order valence-corrected chi connectivity index (χ3v) is 6.04. The molecule has 0 bridgehead atoms. The molecule has 2 aromatic rings. The third-order valence-electron chi connectivity index (χ3n) is 4.14. The first-order valence-corrected chi connectivity index (χ1v) is 10.2. The number of nitrogens with zero attached hydrogens (tertiary/aromatic N) is 1. The predicted octanol–water partition coefficient (Wildman–Crippen LogP) is 2.36. The summed E-state index contributed by atoms with van der Waals surface area (Å²) in [7, 11) is -3.67. The predicted molar refractivity (Wildman–Crippen MR) is 102 cm³/mol. The minimum absolute atomic E-state index is 0.108. The molecule has 0 unspecified atom stereocenters. The lowest BCUT2D eigenvalue weighted by atomic mass is 10.2. The van der Waals surface area contributed by atoms with Crippen LogP contribution >= 0.6 is 0 Å². The standard InChI is InChI=1S/C19H22N2O5S/c1-2-26-18-9-8-16(27(23,24)21-10-12-25-13-11-21)14-17(18)20-19(22)15-6-4-3-5-7-15/h3-9,14H,2,10-13H2,1H3,(H,20,22). The maximum absolute atomic E-state index is 12.9. The number of anilines is 1. The monoisotopic (exact) mass is 390 g/mol. The van der Waals surface area contributed by atoms with Gasteiger partial charge in [0, 0.05) is 18.7 Å². The smallest absolute Gasteiger partial charge is 0.255 e. The molecule has 1 aliphatic rings. The lowest BCUT2D eigenvalue weighted by Crippen LogP contribution is -2.40. The molecule has 1 fully saturated rings. The van der Waals surface area contributed by atoms with Crippen molar-refractivity contribution in [3.63, 3.8) is 0 Å². The highest BCUT2D eigenvalue weighted by molar-refractivity contribution is 7.89. The highest BCUT2D eigenvalue weighted by Gasteiger charge is 2.27. The number of rotatable bonds is 6. The number of sulfonamides is 1. The van der Waals surface area contributed by atoms with Crippen molar-refractivity contribution in [3.8, 4) is 5.75 Å². The van der Waals surface area contributed by atoms with Gasteiger partial charge in [0.1, 0.15) is 5.75 Å². The number of ether oxygens (including phenoxy) is 2. The fourth-order valence-electron chi connectivity index (χ4n) is 2.77. The van der Waals surface area contributed by atoms with E-state index in [1.807, 2.05) is 13.0 Å². The van der Waals surface area contributed by atoms with Crippen molar-refractivity contribution in [2.75, 3.05) is 38.2 Å². The van der Waals surface area contributed by atoms with Gasteiger partial charge in [-0.15, -0.1) is 0 Å². The Bertz CT molecular complexity index is 894. The van der Waals surface area contributed by atoms with Crippen LogP contribution in [-0.4, -0.2) is 51.5 Å². The normalized spacial score (nSPS) is 15.3. The van der Waals surface area contributed by atoms with Crippen LogP contribution in [-0.2, 0) is 14.8 Å². The number of nitrogens with one attached hydrogen (secondary N) is 1. The van der Waals surface area contributed by atoms with Gasteiger partial charge in [0.25, 0.3) is 5.91 Å². The molecule has 0 aromatic heterocycles. The largest absolute Gasteiger partial charge is 0.492 e. The van der Waals surface area contributed by atoms with E-state index in [0.717, 1.165) is 0 Å². The van der Waals surface area contributed by atoms with Gasteiger partial charge in [-0.05, 0) is 37.3 Å². The Balaban J connectivity index is 1.91. The van der Waals surface area contributed by atoms with Gasteiger partial charge < -0.3 is 14.8 Å². The Morgan fingerprint density at radius 1 is 1.15 bits per heavy atom. The number of amides is 1. The molecule has 144 valence electrons.